The van der Waals surface area contributed by atoms with Crippen molar-refractivity contribution in [1.29, 1.82) is 0 Å². The lowest BCUT2D eigenvalue weighted by atomic mass is 9.98. The van der Waals surface area contributed by atoms with Crippen LogP contribution in [0.5, 0.6) is 17.2 Å². The summed E-state index contributed by atoms with van der Waals surface area (Å²) < 4.78 is 35.8. The van der Waals surface area contributed by atoms with Crippen LogP contribution in [-0.4, -0.2) is 99.6 Å². The minimum atomic E-state index is -0.517. The monoisotopic (exact) mass is 604 g/mol. The molecule has 2 aliphatic rings. The van der Waals surface area contributed by atoms with Gasteiger partial charge in [0.1, 0.15) is 18.1 Å². The van der Waals surface area contributed by atoms with Gasteiger partial charge in [-0.1, -0.05) is 12.1 Å². The third kappa shape index (κ3) is 7.17. The Bertz CT molecular complexity index is 1490. The number of hydrogen-bond donors (Lipinski definition) is 0. The number of halogens is 1. The number of amides is 2. The van der Waals surface area contributed by atoms with Crippen molar-refractivity contribution in [1.82, 2.24) is 14.8 Å². The quantitative estimate of drug-likeness (QED) is 0.327. The summed E-state index contributed by atoms with van der Waals surface area (Å²) in [6.07, 6.45) is 0.444. The largest absolute Gasteiger partial charge is 0.497 e. The normalized spacial score (nSPS) is 16.8. The maximum atomic E-state index is 14.1. The molecule has 10 nitrogen and oxygen atoms in total. The SMILES string of the molecule is COc1ccc(C2=NN(C(=O)CN(CCN3CCOCC3)C(=O)c3cccc(F)c3)[C@H](c3ccc(OC)c(OC)c3)C2)cc1. The van der Waals surface area contributed by atoms with Crippen molar-refractivity contribution in [2.75, 3.05) is 67.3 Å². The fourth-order valence-corrected chi connectivity index (χ4v) is 5.40. The van der Waals surface area contributed by atoms with Crippen LogP contribution in [0.1, 0.15) is 33.9 Å². The Kier molecular flexibility index (Phi) is 10.1. The topological polar surface area (TPSA) is 93.1 Å². The van der Waals surface area contributed by atoms with Crippen molar-refractivity contribution in [3.8, 4) is 17.2 Å². The van der Waals surface area contributed by atoms with E-state index in [9.17, 15) is 14.0 Å². The van der Waals surface area contributed by atoms with Gasteiger partial charge < -0.3 is 23.8 Å². The van der Waals surface area contributed by atoms with Gasteiger partial charge in [0.05, 0.1) is 46.3 Å². The Morgan fingerprint density at radius 3 is 2.39 bits per heavy atom. The summed E-state index contributed by atoms with van der Waals surface area (Å²) in [5.41, 5.74) is 2.56. The van der Waals surface area contributed by atoms with Crippen molar-refractivity contribution in [2.24, 2.45) is 5.10 Å². The number of benzene rings is 3. The van der Waals surface area contributed by atoms with Gasteiger partial charge >= 0.3 is 0 Å². The summed E-state index contributed by atoms with van der Waals surface area (Å²) in [5.74, 6) is 0.509. The van der Waals surface area contributed by atoms with Gasteiger partial charge in [-0.3, -0.25) is 14.5 Å². The molecule has 0 aromatic heterocycles. The average molecular weight is 605 g/mol. The van der Waals surface area contributed by atoms with Gasteiger partial charge in [0.25, 0.3) is 11.8 Å². The molecule has 2 aliphatic heterocycles. The summed E-state index contributed by atoms with van der Waals surface area (Å²) in [4.78, 5) is 31.4. The van der Waals surface area contributed by atoms with Gasteiger partial charge in [-0.25, -0.2) is 9.40 Å². The molecule has 3 aromatic rings. The van der Waals surface area contributed by atoms with Gasteiger partial charge in [-0.2, -0.15) is 5.10 Å². The third-order valence-electron chi connectivity index (χ3n) is 7.86. The van der Waals surface area contributed by atoms with E-state index >= 15 is 0 Å². The second-order valence-corrected chi connectivity index (χ2v) is 10.5. The summed E-state index contributed by atoms with van der Waals surface area (Å²) in [6.45, 7) is 3.30. The number of methoxy groups -OCH3 is 3. The zero-order valence-electron chi connectivity index (χ0n) is 25.2. The standard InChI is InChI=1S/C33H37FN4O6/c1-41-27-10-7-23(8-11-27)28-21-29(24-9-12-30(42-2)31(20-24)43-3)38(35-28)32(39)22-37(14-13-36-15-17-44-18-16-36)33(40)25-5-4-6-26(34)19-25/h4-12,19-20,29H,13-18,21-22H2,1-3H3/t29-/m0/s1. The smallest absolute Gasteiger partial charge is 0.262 e. The highest BCUT2D eigenvalue weighted by Gasteiger charge is 2.35. The maximum Gasteiger partial charge on any atom is 0.262 e. The average Bonchev–Trinajstić information content (AvgIpc) is 3.52. The van der Waals surface area contributed by atoms with Crippen molar-refractivity contribution in [2.45, 2.75) is 12.5 Å². The first kappa shape index (κ1) is 31.0. The van der Waals surface area contributed by atoms with Crippen molar-refractivity contribution in [3.05, 3.63) is 89.2 Å². The minimum absolute atomic E-state index is 0.181. The number of ether oxygens (including phenoxy) is 4. The molecule has 1 saturated heterocycles. The van der Waals surface area contributed by atoms with Gasteiger partial charge in [0.2, 0.25) is 0 Å². The van der Waals surface area contributed by atoms with E-state index in [1.807, 2.05) is 36.4 Å². The third-order valence-corrected chi connectivity index (χ3v) is 7.86. The molecule has 0 radical (unpaired) electrons. The molecule has 2 amide bonds. The molecular weight excluding hydrogens is 567 g/mol. The predicted octanol–water partition coefficient (Wildman–Crippen LogP) is 4.00. The number of carbonyl (C=O) groups excluding carboxylic acids is 2. The molecule has 5 rings (SSSR count). The fourth-order valence-electron chi connectivity index (χ4n) is 5.40. The first-order chi connectivity index (χ1) is 21.4. The lowest BCUT2D eigenvalue weighted by Gasteiger charge is -2.31. The fraction of sp³-hybridized carbons (Fsp3) is 0.364. The van der Waals surface area contributed by atoms with Gasteiger partial charge in [-0.15, -0.1) is 0 Å². The van der Waals surface area contributed by atoms with Crippen LogP contribution in [0.3, 0.4) is 0 Å². The molecule has 232 valence electrons. The van der Waals surface area contributed by atoms with E-state index in [-0.39, 0.29) is 24.6 Å². The number of hydrazone groups is 1. The Labute approximate surface area is 256 Å². The molecule has 0 unspecified atom stereocenters. The molecule has 0 bridgehead atoms. The van der Waals surface area contributed by atoms with Crippen molar-refractivity contribution >= 4 is 17.5 Å². The molecular formula is C33H37FN4O6. The number of hydrogen-bond acceptors (Lipinski definition) is 8. The molecule has 3 aromatic carbocycles. The molecule has 1 atom stereocenters. The number of nitrogens with zero attached hydrogens (tertiary/aromatic N) is 4. The van der Waals surface area contributed by atoms with Crippen LogP contribution in [0, 0.1) is 5.82 Å². The van der Waals surface area contributed by atoms with Crippen LogP contribution in [0.2, 0.25) is 0 Å². The number of morpholine rings is 1. The van der Waals surface area contributed by atoms with Crippen molar-refractivity contribution < 1.29 is 32.9 Å². The van der Waals surface area contributed by atoms with E-state index < -0.39 is 17.8 Å². The summed E-state index contributed by atoms with van der Waals surface area (Å²) >= 11 is 0. The van der Waals surface area contributed by atoms with E-state index in [1.54, 1.807) is 33.5 Å². The van der Waals surface area contributed by atoms with Crippen LogP contribution in [0.25, 0.3) is 0 Å². The van der Waals surface area contributed by atoms with Crippen LogP contribution >= 0.6 is 0 Å². The molecule has 1 fully saturated rings. The van der Waals surface area contributed by atoms with Gasteiger partial charge in [-0.05, 0) is 65.7 Å². The van der Waals surface area contributed by atoms with E-state index in [2.05, 4.69) is 4.90 Å². The summed E-state index contributed by atoms with van der Waals surface area (Å²) in [7, 11) is 4.73. The number of rotatable bonds is 11. The van der Waals surface area contributed by atoms with E-state index in [4.69, 9.17) is 24.0 Å². The molecule has 0 spiro atoms. The second-order valence-electron chi connectivity index (χ2n) is 10.5. The second kappa shape index (κ2) is 14.3. The van der Waals surface area contributed by atoms with Gasteiger partial charge in [0, 0.05) is 38.2 Å². The van der Waals surface area contributed by atoms with Crippen molar-refractivity contribution in [3.63, 3.8) is 0 Å². The molecule has 0 aliphatic carbocycles. The zero-order chi connectivity index (χ0) is 31.1. The van der Waals surface area contributed by atoms with Crippen LogP contribution in [-0.2, 0) is 9.53 Å². The Balaban J connectivity index is 1.45. The van der Waals surface area contributed by atoms with Gasteiger partial charge in [0.15, 0.2) is 11.5 Å². The lowest BCUT2D eigenvalue weighted by molar-refractivity contribution is -0.133. The Hall–Kier alpha value is -4.48. The molecule has 0 saturated carbocycles. The minimum Gasteiger partial charge on any atom is -0.497 e. The zero-order valence-corrected chi connectivity index (χ0v) is 25.2. The molecule has 44 heavy (non-hydrogen) atoms. The first-order valence-electron chi connectivity index (χ1n) is 14.5. The molecule has 0 N–H and O–H groups in total. The Morgan fingerprint density at radius 2 is 1.70 bits per heavy atom. The Morgan fingerprint density at radius 1 is 0.955 bits per heavy atom. The highest BCUT2D eigenvalue weighted by molar-refractivity contribution is 6.04. The number of carbonyl (C=O) groups is 2. The van der Waals surface area contributed by atoms with Crippen LogP contribution < -0.4 is 14.2 Å². The van der Waals surface area contributed by atoms with E-state index in [0.29, 0.717) is 43.4 Å². The van der Waals surface area contributed by atoms with Crippen LogP contribution in [0.4, 0.5) is 4.39 Å². The summed E-state index contributed by atoms with van der Waals surface area (Å²) in [5, 5.41) is 6.23. The lowest BCUT2D eigenvalue weighted by Crippen LogP contribution is -2.46. The van der Waals surface area contributed by atoms with E-state index in [0.717, 1.165) is 29.9 Å². The highest BCUT2D eigenvalue weighted by atomic mass is 19.1. The maximum absolute atomic E-state index is 14.1. The summed E-state index contributed by atoms with van der Waals surface area (Å²) in [6, 6.07) is 18.1. The molecule has 11 heteroatoms. The highest BCUT2D eigenvalue weighted by Crippen LogP contribution is 2.37. The van der Waals surface area contributed by atoms with E-state index in [1.165, 1.54) is 28.1 Å². The molecule has 2 heterocycles. The van der Waals surface area contributed by atoms with Crippen LogP contribution in [0.15, 0.2) is 71.8 Å². The first-order valence-corrected chi connectivity index (χ1v) is 14.5. The predicted molar refractivity (Wildman–Crippen MR) is 163 cm³/mol.